The third-order valence-corrected chi connectivity index (χ3v) is 8.18. The second kappa shape index (κ2) is 10.1. The number of rotatable bonds is 7. The van der Waals surface area contributed by atoms with E-state index in [0.29, 0.717) is 49.8 Å². The Hall–Kier alpha value is -3.01. The maximum atomic E-state index is 13.2. The molecule has 0 radical (unpaired) electrons. The molecule has 8 nitrogen and oxygen atoms in total. The molecular weight excluding hydrogens is 452 g/mol. The summed E-state index contributed by atoms with van der Waals surface area (Å²) in [6.07, 6.45) is 0.903. The number of aromatic nitrogens is 2. The fourth-order valence-corrected chi connectivity index (χ4v) is 5.91. The molecule has 0 bridgehead atoms. The lowest BCUT2D eigenvalue weighted by Gasteiger charge is -2.26. The molecule has 1 saturated heterocycles. The van der Waals surface area contributed by atoms with Crippen LogP contribution in [-0.4, -0.2) is 54.7 Å². The van der Waals surface area contributed by atoms with Crippen LogP contribution in [0.3, 0.4) is 0 Å². The average Bonchev–Trinajstić information content (AvgIpc) is 3.13. The number of hydrogen-bond acceptors (Lipinski definition) is 5. The van der Waals surface area contributed by atoms with E-state index in [-0.39, 0.29) is 10.8 Å². The predicted molar refractivity (Wildman–Crippen MR) is 131 cm³/mol. The van der Waals surface area contributed by atoms with Gasteiger partial charge in [-0.1, -0.05) is 31.2 Å². The molecule has 1 aliphatic rings. The van der Waals surface area contributed by atoms with Crippen molar-refractivity contribution < 1.29 is 17.9 Å². The molecule has 0 aliphatic carbocycles. The summed E-state index contributed by atoms with van der Waals surface area (Å²) in [5, 5.41) is 7.43. The standard InChI is InChI=1S/C25H30N4O4S/c1-4-20-6-5-7-23(16-20)26-25(30)22-10-8-21(9-11-22)17-29-19(3)24(18(2)27-29)34(31,32)28-12-14-33-15-13-28/h5-11,16H,4,12-15,17H2,1-3H3,(H,26,30). The molecule has 34 heavy (non-hydrogen) atoms. The SMILES string of the molecule is CCc1cccc(NC(=O)c2ccc(Cn3nc(C)c(S(=O)(=O)N4CCOCC4)c3C)cc2)c1. The van der Waals surface area contributed by atoms with Crippen molar-refractivity contribution in [2.45, 2.75) is 38.6 Å². The van der Waals surface area contributed by atoms with E-state index in [4.69, 9.17) is 4.74 Å². The summed E-state index contributed by atoms with van der Waals surface area (Å²) >= 11 is 0. The highest BCUT2D eigenvalue weighted by Crippen LogP contribution is 2.25. The van der Waals surface area contributed by atoms with E-state index < -0.39 is 10.0 Å². The van der Waals surface area contributed by atoms with Gasteiger partial charge in [0.05, 0.1) is 31.1 Å². The number of sulfonamides is 1. The Morgan fingerprint density at radius 1 is 1.06 bits per heavy atom. The van der Waals surface area contributed by atoms with Gasteiger partial charge in [0.1, 0.15) is 4.90 Å². The van der Waals surface area contributed by atoms with Crippen molar-refractivity contribution in [1.82, 2.24) is 14.1 Å². The summed E-state index contributed by atoms with van der Waals surface area (Å²) in [6.45, 7) is 7.47. The normalized spacial score (nSPS) is 14.8. The molecule has 1 aliphatic heterocycles. The topological polar surface area (TPSA) is 93.5 Å². The predicted octanol–water partition coefficient (Wildman–Crippen LogP) is 3.38. The third-order valence-electron chi connectivity index (χ3n) is 6.02. The van der Waals surface area contributed by atoms with Crippen molar-refractivity contribution in [3.8, 4) is 0 Å². The van der Waals surface area contributed by atoms with Gasteiger partial charge in [0.2, 0.25) is 10.0 Å². The van der Waals surface area contributed by atoms with E-state index >= 15 is 0 Å². The minimum atomic E-state index is -3.63. The first-order valence-electron chi connectivity index (χ1n) is 11.4. The number of morpholine rings is 1. The summed E-state index contributed by atoms with van der Waals surface area (Å²) in [5.74, 6) is -0.176. The zero-order valence-corrected chi connectivity index (χ0v) is 20.6. The fraction of sp³-hybridized carbons (Fsp3) is 0.360. The lowest BCUT2D eigenvalue weighted by molar-refractivity contribution is 0.0730. The number of aryl methyl sites for hydroxylation is 2. The number of nitrogens with zero attached hydrogens (tertiary/aromatic N) is 3. The van der Waals surface area contributed by atoms with Gasteiger partial charge in [0.25, 0.3) is 5.91 Å². The molecule has 3 aromatic rings. The fourth-order valence-electron chi connectivity index (χ4n) is 4.13. The Morgan fingerprint density at radius 3 is 2.44 bits per heavy atom. The molecular formula is C25H30N4O4S. The first-order valence-corrected chi connectivity index (χ1v) is 12.8. The summed E-state index contributed by atoms with van der Waals surface area (Å²) in [4.78, 5) is 12.9. The van der Waals surface area contributed by atoms with Gasteiger partial charge in [-0.15, -0.1) is 0 Å². The Balaban J connectivity index is 1.48. The van der Waals surface area contributed by atoms with Crippen LogP contribution in [0.15, 0.2) is 53.4 Å². The van der Waals surface area contributed by atoms with E-state index in [1.165, 1.54) is 4.31 Å². The second-order valence-corrected chi connectivity index (χ2v) is 10.3. The largest absolute Gasteiger partial charge is 0.379 e. The molecule has 0 unspecified atom stereocenters. The van der Waals surface area contributed by atoms with Gasteiger partial charge in [-0.25, -0.2) is 8.42 Å². The number of carbonyl (C=O) groups excluding carboxylic acids is 1. The van der Waals surface area contributed by atoms with Crippen LogP contribution in [0.5, 0.6) is 0 Å². The molecule has 1 N–H and O–H groups in total. The molecule has 0 spiro atoms. The van der Waals surface area contributed by atoms with Crippen LogP contribution in [-0.2, 0) is 27.7 Å². The molecule has 0 atom stereocenters. The maximum absolute atomic E-state index is 13.2. The highest BCUT2D eigenvalue weighted by atomic mass is 32.2. The van der Waals surface area contributed by atoms with Crippen molar-refractivity contribution in [2.24, 2.45) is 0 Å². The van der Waals surface area contributed by atoms with Gasteiger partial charge < -0.3 is 10.1 Å². The van der Waals surface area contributed by atoms with Gasteiger partial charge in [-0.05, 0) is 55.7 Å². The zero-order valence-electron chi connectivity index (χ0n) is 19.7. The first-order chi connectivity index (χ1) is 16.3. The van der Waals surface area contributed by atoms with Crippen molar-refractivity contribution in [3.05, 3.63) is 76.6 Å². The number of benzene rings is 2. The first kappa shape index (κ1) is 24.1. The lowest BCUT2D eigenvalue weighted by atomic mass is 10.1. The van der Waals surface area contributed by atoms with Crippen molar-refractivity contribution in [2.75, 3.05) is 31.6 Å². The smallest absolute Gasteiger partial charge is 0.255 e. The van der Waals surface area contributed by atoms with Crippen molar-refractivity contribution in [1.29, 1.82) is 0 Å². The van der Waals surface area contributed by atoms with Crippen LogP contribution >= 0.6 is 0 Å². The summed E-state index contributed by atoms with van der Waals surface area (Å²) in [5.41, 5.74) is 4.48. The quantitative estimate of drug-likeness (QED) is 0.557. The lowest BCUT2D eigenvalue weighted by Crippen LogP contribution is -2.41. The van der Waals surface area contributed by atoms with Gasteiger partial charge in [0.15, 0.2) is 0 Å². The Labute approximate surface area is 200 Å². The second-order valence-electron chi connectivity index (χ2n) is 8.38. The Bertz CT molecular complexity index is 1280. The van der Waals surface area contributed by atoms with Crippen LogP contribution in [0.1, 0.15) is 39.8 Å². The van der Waals surface area contributed by atoms with Gasteiger partial charge in [-0.3, -0.25) is 9.48 Å². The Kier molecular flexibility index (Phi) is 7.16. The molecule has 1 fully saturated rings. The van der Waals surface area contributed by atoms with Crippen molar-refractivity contribution in [3.63, 3.8) is 0 Å². The van der Waals surface area contributed by atoms with Crippen LogP contribution in [0.4, 0.5) is 5.69 Å². The average molecular weight is 483 g/mol. The van der Waals surface area contributed by atoms with E-state index in [0.717, 1.165) is 23.2 Å². The summed E-state index contributed by atoms with van der Waals surface area (Å²) in [6, 6.07) is 15.1. The molecule has 9 heteroatoms. The number of anilines is 1. The van der Waals surface area contributed by atoms with Crippen molar-refractivity contribution >= 4 is 21.6 Å². The molecule has 180 valence electrons. The van der Waals surface area contributed by atoms with E-state index in [1.807, 2.05) is 36.4 Å². The number of nitrogens with one attached hydrogen (secondary N) is 1. The third kappa shape index (κ3) is 5.06. The summed E-state index contributed by atoms with van der Waals surface area (Å²) in [7, 11) is -3.63. The number of carbonyl (C=O) groups is 1. The highest BCUT2D eigenvalue weighted by Gasteiger charge is 2.32. The molecule has 2 aromatic carbocycles. The monoisotopic (exact) mass is 482 g/mol. The summed E-state index contributed by atoms with van der Waals surface area (Å²) < 4.78 is 34.8. The van der Waals surface area contributed by atoms with Gasteiger partial charge in [-0.2, -0.15) is 9.40 Å². The molecule has 2 heterocycles. The van der Waals surface area contributed by atoms with E-state index in [1.54, 1.807) is 30.7 Å². The van der Waals surface area contributed by atoms with E-state index in [2.05, 4.69) is 17.3 Å². The van der Waals surface area contributed by atoms with Gasteiger partial charge in [0, 0.05) is 24.3 Å². The van der Waals surface area contributed by atoms with Crippen LogP contribution in [0.25, 0.3) is 0 Å². The number of amides is 1. The molecule has 1 aromatic heterocycles. The van der Waals surface area contributed by atoms with Gasteiger partial charge >= 0.3 is 0 Å². The van der Waals surface area contributed by atoms with Crippen LogP contribution in [0.2, 0.25) is 0 Å². The molecule has 4 rings (SSSR count). The minimum Gasteiger partial charge on any atom is -0.379 e. The Morgan fingerprint density at radius 2 is 1.76 bits per heavy atom. The highest BCUT2D eigenvalue weighted by molar-refractivity contribution is 7.89. The van der Waals surface area contributed by atoms with Crippen LogP contribution in [0, 0.1) is 13.8 Å². The zero-order chi connectivity index (χ0) is 24.3. The number of ether oxygens (including phenoxy) is 1. The van der Waals surface area contributed by atoms with E-state index in [9.17, 15) is 13.2 Å². The van der Waals surface area contributed by atoms with Crippen LogP contribution < -0.4 is 5.32 Å². The number of hydrogen-bond donors (Lipinski definition) is 1. The molecule has 1 amide bonds. The molecule has 0 saturated carbocycles. The minimum absolute atomic E-state index is 0.176. The maximum Gasteiger partial charge on any atom is 0.255 e.